The number of nitrogens with one attached hydrogen (secondary N) is 1. The van der Waals surface area contributed by atoms with Gasteiger partial charge in [-0.25, -0.2) is 8.42 Å². The van der Waals surface area contributed by atoms with Crippen molar-refractivity contribution in [2.45, 2.75) is 4.90 Å². The molecule has 0 aliphatic rings. The van der Waals surface area contributed by atoms with Gasteiger partial charge in [0.15, 0.2) is 0 Å². The Morgan fingerprint density at radius 3 is 2.11 bits per heavy atom. The van der Waals surface area contributed by atoms with Gasteiger partial charge in [-0.2, -0.15) is 4.72 Å². The molecule has 2 N–H and O–H groups in total. The number of hydrogen-bond donors (Lipinski definition) is 2. The molecule has 1 aromatic rings. The summed E-state index contributed by atoms with van der Waals surface area (Å²) in [4.78, 5) is 10.2. The lowest BCUT2D eigenvalue weighted by Crippen LogP contribution is -2.29. The third-order valence-electron chi connectivity index (χ3n) is 2.05. The lowest BCUT2D eigenvalue weighted by Gasteiger charge is -2.09. The van der Waals surface area contributed by atoms with Crippen LogP contribution >= 0.6 is 0 Å². The summed E-state index contributed by atoms with van der Waals surface area (Å²) >= 11 is 0. The van der Waals surface area contributed by atoms with E-state index in [4.69, 9.17) is 14.6 Å². The van der Waals surface area contributed by atoms with Gasteiger partial charge >= 0.3 is 5.97 Å². The van der Waals surface area contributed by atoms with Crippen molar-refractivity contribution in [2.75, 3.05) is 20.8 Å². The molecule has 0 saturated heterocycles. The summed E-state index contributed by atoms with van der Waals surface area (Å²) in [5.41, 5.74) is 0. The van der Waals surface area contributed by atoms with Crippen LogP contribution in [0.2, 0.25) is 0 Å². The second-order valence-electron chi connectivity index (χ2n) is 3.27. The maximum absolute atomic E-state index is 11.8. The first-order valence-electron chi connectivity index (χ1n) is 4.83. The molecule has 0 radical (unpaired) electrons. The standard InChI is InChI=1S/C10H13NO6S/c1-16-7-3-8(17-2)5-9(4-7)18(14,15)11-6-10(12)13/h3-5,11H,6H2,1-2H3,(H,12,13). The van der Waals surface area contributed by atoms with Gasteiger partial charge in [-0.15, -0.1) is 0 Å². The van der Waals surface area contributed by atoms with Crippen molar-refractivity contribution in [3.63, 3.8) is 0 Å². The number of benzene rings is 1. The molecule has 0 bridgehead atoms. The van der Waals surface area contributed by atoms with Crippen LogP contribution in [-0.2, 0) is 14.8 Å². The van der Waals surface area contributed by atoms with Crippen LogP contribution in [0.3, 0.4) is 0 Å². The molecule has 0 aliphatic heterocycles. The Morgan fingerprint density at radius 1 is 1.22 bits per heavy atom. The topological polar surface area (TPSA) is 102 Å². The quantitative estimate of drug-likeness (QED) is 0.761. The van der Waals surface area contributed by atoms with Crippen LogP contribution in [-0.4, -0.2) is 40.3 Å². The number of rotatable bonds is 6. The summed E-state index contributed by atoms with van der Waals surface area (Å²) < 4.78 is 35.4. The van der Waals surface area contributed by atoms with Gasteiger partial charge in [-0.1, -0.05) is 0 Å². The number of methoxy groups -OCH3 is 2. The smallest absolute Gasteiger partial charge is 0.318 e. The lowest BCUT2D eigenvalue weighted by atomic mass is 10.3. The van der Waals surface area contributed by atoms with Gasteiger partial charge in [0.1, 0.15) is 18.0 Å². The van der Waals surface area contributed by atoms with E-state index in [2.05, 4.69) is 0 Å². The fourth-order valence-electron chi connectivity index (χ4n) is 1.18. The Balaban J connectivity index is 3.11. The van der Waals surface area contributed by atoms with Gasteiger partial charge in [0.25, 0.3) is 0 Å². The number of carbonyl (C=O) groups is 1. The third kappa shape index (κ3) is 3.60. The van der Waals surface area contributed by atoms with E-state index in [1.54, 1.807) is 0 Å². The number of carboxylic acids is 1. The Morgan fingerprint density at radius 2 is 1.72 bits per heavy atom. The van der Waals surface area contributed by atoms with Crippen molar-refractivity contribution in [1.82, 2.24) is 4.72 Å². The predicted molar refractivity (Wildman–Crippen MR) is 62.4 cm³/mol. The summed E-state index contributed by atoms with van der Waals surface area (Å²) in [6, 6.07) is 4.05. The van der Waals surface area contributed by atoms with Gasteiger partial charge in [-0.05, 0) is 0 Å². The van der Waals surface area contributed by atoms with Crippen molar-refractivity contribution < 1.29 is 27.8 Å². The molecule has 0 spiro atoms. The molecule has 0 heterocycles. The highest BCUT2D eigenvalue weighted by atomic mass is 32.2. The second-order valence-corrected chi connectivity index (χ2v) is 5.03. The number of ether oxygens (including phenoxy) is 2. The van der Waals surface area contributed by atoms with E-state index in [0.717, 1.165) is 0 Å². The monoisotopic (exact) mass is 275 g/mol. The van der Waals surface area contributed by atoms with Crippen LogP contribution in [0.5, 0.6) is 11.5 Å². The van der Waals surface area contributed by atoms with Crippen LogP contribution in [0, 0.1) is 0 Å². The van der Waals surface area contributed by atoms with Crippen molar-refractivity contribution in [1.29, 1.82) is 0 Å². The van der Waals surface area contributed by atoms with E-state index >= 15 is 0 Å². The molecule has 100 valence electrons. The molecule has 0 aliphatic carbocycles. The average molecular weight is 275 g/mol. The molecule has 0 atom stereocenters. The summed E-state index contributed by atoms with van der Waals surface area (Å²) in [6.45, 7) is -0.693. The van der Waals surface area contributed by atoms with E-state index in [-0.39, 0.29) is 4.90 Å². The van der Waals surface area contributed by atoms with Crippen LogP contribution in [0.1, 0.15) is 0 Å². The first-order chi connectivity index (χ1) is 8.39. The maximum Gasteiger partial charge on any atom is 0.318 e. The first kappa shape index (κ1) is 14.3. The number of carboxylic acid groups (broad SMARTS) is 1. The fraction of sp³-hybridized carbons (Fsp3) is 0.300. The van der Waals surface area contributed by atoms with E-state index < -0.39 is 22.5 Å². The van der Waals surface area contributed by atoms with Gasteiger partial charge in [-0.3, -0.25) is 4.79 Å². The van der Waals surface area contributed by atoms with E-state index in [1.165, 1.54) is 32.4 Å². The Bertz CT molecular complexity index is 517. The minimum Gasteiger partial charge on any atom is -0.497 e. The fourth-order valence-corrected chi connectivity index (χ4v) is 2.20. The molecule has 8 heteroatoms. The average Bonchev–Trinajstić information content (AvgIpc) is 2.35. The highest BCUT2D eigenvalue weighted by Crippen LogP contribution is 2.25. The van der Waals surface area contributed by atoms with Crippen molar-refractivity contribution in [3.05, 3.63) is 18.2 Å². The summed E-state index contributed by atoms with van der Waals surface area (Å²) in [6.07, 6.45) is 0. The molecular weight excluding hydrogens is 262 g/mol. The van der Waals surface area contributed by atoms with Gasteiger partial charge in [0.2, 0.25) is 10.0 Å². The highest BCUT2D eigenvalue weighted by Gasteiger charge is 2.17. The zero-order valence-corrected chi connectivity index (χ0v) is 10.7. The zero-order chi connectivity index (χ0) is 13.8. The summed E-state index contributed by atoms with van der Waals surface area (Å²) in [5.74, 6) is -0.677. The van der Waals surface area contributed by atoms with Crippen LogP contribution < -0.4 is 14.2 Å². The molecule has 18 heavy (non-hydrogen) atoms. The normalized spacial score (nSPS) is 11.0. The largest absolute Gasteiger partial charge is 0.497 e. The van der Waals surface area contributed by atoms with E-state index in [1.807, 2.05) is 4.72 Å². The van der Waals surface area contributed by atoms with Crippen molar-refractivity contribution >= 4 is 16.0 Å². The Hall–Kier alpha value is -1.80. The van der Waals surface area contributed by atoms with E-state index in [0.29, 0.717) is 11.5 Å². The first-order valence-corrected chi connectivity index (χ1v) is 6.32. The van der Waals surface area contributed by atoms with Crippen molar-refractivity contribution in [3.8, 4) is 11.5 Å². The van der Waals surface area contributed by atoms with Crippen LogP contribution in [0.15, 0.2) is 23.1 Å². The predicted octanol–water partition coefficient (Wildman–Crippen LogP) is 0.0667. The second kappa shape index (κ2) is 5.69. The third-order valence-corrected chi connectivity index (χ3v) is 3.43. The Kier molecular flexibility index (Phi) is 4.51. The molecule has 0 unspecified atom stereocenters. The molecular formula is C10H13NO6S. The maximum atomic E-state index is 11.8. The van der Waals surface area contributed by atoms with Gasteiger partial charge < -0.3 is 14.6 Å². The molecule has 0 saturated carbocycles. The molecule has 1 aromatic carbocycles. The molecule has 0 aromatic heterocycles. The summed E-state index contributed by atoms with van der Waals surface area (Å²) in [7, 11) is -1.14. The van der Waals surface area contributed by atoms with Crippen molar-refractivity contribution in [2.24, 2.45) is 0 Å². The van der Waals surface area contributed by atoms with E-state index in [9.17, 15) is 13.2 Å². The lowest BCUT2D eigenvalue weighted by molar-refractivity contribution is -0.135. The molecule has 7 nitrogen and oxygen atoms in total. The highest BCUT2D eigenvalue weighted by molar-refractivity contribution is 7.89. The zero-order valence-electron chi connectivity index (χ0n) is 9.84. The molecule has 0 fully saturated rings. The summed E-state index contributed by atoms with van der Waals surface area (Å²) in [5, 5.41) is 8.45. The van der Waals surface area contributed by atoms with Gasteiger partial charge in [0.05, 0.1) is 19.1 Å². The SMILES string of the molecule is COc1cc(OC)cc(S(=O)(=O)NCC(=O)O)c1. The van der Waals surface area contributed by atoms with Crippen LogP contribution in [0.4, 0.5) is 0 Å². The van der Waals surface area contributed by atoms with Gasteiger partial charge in [0, 0.05) is 18.2 Å². The minimum absolute atomic E-state index is 0.125. The number of sulfonamides is 1. The molecule has 1 rings (SSSR count). The van der Waals surface area contributed by atoms with Crippen LogP contribution in [0.25, 0.3) is 0 Å². The molecule has 0 amide bonds. The number of aliphatic carboxylic acids is 1. The minimum atomic E-state index is -3.91. The Labute approximate surface area is 104 Å². The number of hydrogen-bond acceptors (Lipinski definition) is 5.